The number of aliphatic hydroxyl groups excluding tert-OH is 1. The molecule has 0 fully saturated rings. The van der Waals surface area contributed by atoms with E-state index in [0.717, 1.165) is 41.3 Å². The fraction of sp³-hybridized carbons (Fsp3) is 0.120. The molecule has 0 aliphatic carbocycles. The number of nitrogens with one attached hydrogen (secondary N) is 2. The van der Waals surface area contributed by atoms with Crippen LogP contribution in [0.2, 0.25) is 0 Å². The molecular formula is C25H24FeN8OSe2. The van der Waals surface area contributed by atoms with Crippen LogP contribution in [0.15, 0.2) is 73.1 Å². The Balaban J connectivity index is 0.00000129. The Kier molecular flexibility index (Phi) is 18.1. The quantitative estimate of drug-likeness (QED) is 0.270. The average molecular weight is 666 g/mol. The first-order valence-electron chi connectivity index (χ1n) is 10.3. The Morgan fingerprint density at radius 3 is 1.30 bits per heavy atom. The van der Waals surface area contributed by atoms with E-state index in [1.807, 2.05) is 86.9 Å². The summed E-state index contributed by atoms with van der Waals surface area (Å²) in [5.41, 5.74) is 3.78. The number of rotatable bonds is 5. The minimum atomic E-state index is 0. The van der Waals surface area contributed by atoms with Crippen LogP contribution in [0.1, 0.15) is 11.1 Å². The molecule has 4 heterocycles. The number of hydrogen-bond acceptors (Lipinski definition) is 9. The van der Waals surface area contributed by atoms with E-state index < -0.39 is 0 Å². The molecular weight excluding hydrogens is 642 g/mol. The van der Waals surface area contributed by atoms with Crippen LogP contribution in [0.5, 0.6) is 0 Å². The first-order chi connectivity index (χ1) is 17.5. The van der Waals surface area contributed by atoms with Crippen LogP contribution < -0.4 is 10.6 Å². The fourth-order valence-corrected chi connectivity index (χ4v) is 2.64. The van der Waals surface area contributed by atoms with Crippen LogP contribution in [0.4, 0.5) is 23.3 Å². The third-order valence-electron chi connectivity index (χ3n) is 4.10. The van der Waals surface area contributed by atoms with Crippen molar-refractivity contribution in [3.05, 3.63) is 84.2 Å². The molecule has 12 heteroatoms. The maximum Gasteiger partial charge on any atom is 2.00 e. The van der Waals surface area contributed by atoms with Crippen LogP contribution in [-0.4, -0.2) is 64.2 Å². The molecule has 0 spiro atoms. The smallest absolute Gasteiger partial charge is 2.00 e. The van der Waals surface area contributed by atoms with E-state index in [-0.39, 0.29) is 17.1 Å². The summed E-state index contributed by atoms with van der Waals surface area (Å²) in [5, 5.41) is 28.0. The van der Waals surface area contributed by atoms with Crippen LogP contribution in [0.25, 0.3) is 11.4 Å². The summed E-state index contributed by atoms with van der Waals surface area (Å²) >= 11 is 4.22. The van der Waals surface area contributed by atoms with E-state index >= 15 is 0 Å². The number of hydrogen-bond donors (Lipinski definition) is 3. The number of nitriles is 2. The monoisotopic (exact) mass is 668 g/mol. The van der Waals surface area contributed by atoms with Gasteiger partial charge in [0.2, 0.25) is 0 Å². The maximum atomic E-state index is 7.26. The van der Waals surface area contributed by atoms with Gasteiger partial charge in [-0.25, -0.2) is 19.9 Å². The maximum absolute atomic E-state index is 7.26. The molecule has 0 atom stereocenters. The predicted octanol–water partition coefficient (Wildman–Crippen LogP) is 3.92. The number of nitrogens with zero attached hydrogens (tertiary/aromatic N) is 6. The van der Waals surface area contributed by atoms with Gasteiger partial charge in [0.1, 0.15) is 23.3 Å². The van der Waals surface area contributed by atoms with Crippen LogP contribution in [0, 0.1) is 34.3 Å². The third-order valence-corrected chi connectivity index (χ3v) is 4.10. The molecule has 0 unspecified atom stereocenters. The molecule has 4 rings (SSSR count). The van der Waals surface area contributed by atoms with Gasteiger partial charge >= 0.3 is 69.6 Å². The van der Waals surface area contributed by atoms with Crippen molar-refractivity contribution in [2.24, 2.45) is 0 Å². The summed E-state index contributed by atoms with van der Waals surface area (Å²) in [7, 11) is 1.00. The number of aromatic nitrogens is 4. The van der Waals surface area contributed by atoms with Crippen molar-refractivity contribution >= 4 is 55.3 Å². The summed E-state index contributed by atoms with van der Waals surface area (Å²) in [6, 6.07) is 19.5. The summed E-state index contributed by atoms with van der Waals surface area (Å²) in [4.78, 5) is 21.3. The molecule has 37 heavy (non-hydrogen) atoms. The van der Waals surface area contributed by atoms with Gasteiger partial charge in [-0.1, -0.05) is 24.3 Å². The Hall–Kier alpha value is -3.30. The zero-order valence-electron chi connectivity index (χ0n) is 20.2. The number of aliphatic hydroxyl groups is 1. The predicted molar refractivity (Wildman–Crippen MR) is 143 cm³/mol. The number of pyridine rings is 4. The summed E-state index contributed by atoms with van der Waals surface area (Å²) < 4.78 is 0. The third kappa shape index (κ3) is 13.0. The van der Waals surface area contributed by atoms with Gasteiger partial charge in [0, 0.05) is 19.5 Å². The van der Waals surface area contributed by atoms with E-state index in [2.05, 4.69) is 62.6 Å². The van der Waals surface area contributed by atoms with E-state index in [4.69, 9.17) is 15.6 Å². The molecule has 0 saturated carbocycles. The Morgan fingerprint density at radius 2 is 1.00 bits per heavy atom. The first-order valence-corrected chi connectivity index (χ1v) is 12.0. The van der Waals surface area contributed by atoms with Crippen molar-refractivity contribution in [1.82, 2.24) is 19.9 Å². The molecule has 3 N–H and O–H groups in total. The molecule has 4 aromatic rings. The molecule has 0 aliphatic rings. The molecule has 0 radical (unpaired) electrons. The van der Waals surface area contributed by atoms with Crippen molar-refractivity contribution in [2.45, 2.75) is 13.8 Å². The summed E-state index contributed by atoms with van der Waals surface area (Å²) in [6.07, 6.45) is 3.64. The van der Waals surface area contributed by atoms with Gasteiger partial charge in [-0.15, -0.1) is 0 Å². The van der Waals surface area contributed by atoms with Gasteiger partial charge in [0.25, 0.3) is 0 Å². The van der Waals surface area contributed by atoms with Crippen molar-refractivity contribution in [2.75, 3.05) is 17.7 Å². The summed E-state index contributed by atoms with van der Waals surface area (Å²) in [6.45, 7) is 4.02. The Morgan fingerprint density at radius 1 is 0.649 bits per heavy atom. The van der Waals surface area contributed by atoms with E-state index in [1.165, 1.54) is 0 Å². The van der Waals surface area contributed by atoms with Crippen molar-refractivity contribution in [3.8, 4) is 21.3 Å². The minimum Gasteiger partial charge on any atom is 2.00 e. The largest absolute Gasteiger partial charge is 2.00 e. The van der Waals surface area contributed by atoms with Crippen LogP contribution in [-0.2, 0) is 17.1 Å². The van der Waals surface area contributed by atoms with E-state index in [1.54, 1.807) is 9.94 Å². The molecule has 0 aromatic carbocycles. The molecule has 0 saturated heterocycles. The SMILES string of the molecule is CO.Cc1ccc(Nc2cccc(-c3cccc(Nc4ccc(C)cn4)n3)n2)nc1.N#C[Se-].N#C[Se-].[Fe+2]. The van der Waals surface area contributed by atoms with Crippen molar-refractivity contribution < 1.29 is 22.2 Å². The van der Waals surface area contributed by atoms with Gasteiger partial charge in [-0.3, -0.25) is 0 Å². The molecule has 9 nitrogen and oxygen atoms in total. The molecule has 0 amide bonds. The van der Waals surface area contributed by atoms with E-state index in [0.29, 0.717) is 11.6 Å². The standard InChI is InChI=1S/C22H20N6.2CHNSe.CH4O.Fe/c1-15-9-11-19(23-13-15)27-21-7-3-5-17(25-21)18-6-4-8-22(26-18)28-20-12-10-16(2)14-24-20;2*2-1-3;1-2;/h3-14H,1-2H3,(H,23,25,27)(H,24,26,28);2*3H;2H,1H3;/q;;;;+2/p-2. The summed E-state index contributed by atoms with van der Waals surface area (Å²) in [5.74, 6) is 2.94. The van der Waals surface area contributed by atoms with Crippen LogP contribution >= 0.6 is 0 Å². The normalized spacial score (nSPS) is 8.49. The van der Waals surface area contributed by atoms with Gasteiger partial charge in [-0.05, 0) is 61.4 Å². The van der Waals surface area contributed by atoms with Crippen molar-refractivity contribution in [1.29, 1.82) is 10.5 Å². The fourth-order valence-electron chi connectivity index (χ4n) is 2.64. The number of aryl methyl sites for hydroxylation is 2. The average Bonchev–Trinajstić information content (AvgIpc) is 2.89. The second kappa shape index (κ2) is 19.8. The molecule has 190 valence electrons. The van der Waals surface area contributed by atoms with Gasteiger partial charge in [0.05, 0.1) is 11.4 Å². The topological polar surface area (TPSA) is 143 Å². The van der Waals surface area contributed by atoms with E-state index in [9.17, 15) is 0 Å². The zero-order chi connectivity index (χ0) is 26.8. The minimum absolute atomic E-state index is 0. The van der Waals surface area contributed by atoms with Gasteiger partial charge in [-0.2, -0.15) is 0 Å². The van der Waals surface area contributed by atoms with Gasteiger partial charge < -0.3 is 15.7 Å². The second-order valence-corrected chi connectivity index (χ2v) is 7.46. The Bertz CT molecular complexity index is 1180. The van der Waals surface area contributed by atoms with Crippen molar-refractivity contribution in [3.63, 3.8) is 0 Å². The molecule has 0 bridgehead atoms. The second-order valence-electron chi connectivity index (χ2n) is 6.69. The Labute approximate surface area is 243 Å². The molecule has 0 aliphatic heterocycles. The number of anilines is 4. The molecule has 4 aromatic heterocycles. The van der Waals surface area contributed by atoms with Crippen LogP contribution in [0.3, 0.4) is 0 Å². The van der Waals surface area contributed by atoms with Gasteiger partial charge in [0.15, 0.2) is 0 Å². The zero-order valence-corrected chi connectivity index (χ0v) is 24.8. The first kappa shape index (κ1) is 33.7.